The molecule has 3 rings (SSSR count). The van der Waals surface area contributed by atoms with Crippen LogP contribution in [0.5, 0.6) is 5.75 Å². The fraction of sp³-hybridized carbons (Fsp3) is 0.368. The summed E-state index contributed by atoms with van der Waals surface area (Å²) in [5.74, 6) is -3.11. The van der Waals surface area contributed by atoms with Gasteiger partial charge in [-0.15, -0.1) is 13.2 Å². The van der Waals surface area contributed by atoms with Crippen molar-refractivity contribution in [1.29, 1.82) is 0 Å². The van der Waals surface area contributed by atoms with Crippen LogP contribution in [0.3, 0.4) is 0 Å². The number of benzene rings is 1. The first-order valence-electron chi connectivity index (χ1n) is 9.21. The maximum absolute atomic E-state index is 14.2. The Morgan fingerprint density at radius 2 is 1.91 bits per heavy atom. The predicted octanol–water partition coefficient (Wildman–Crippen LogP) is 2.38. The maximum atomic E-state index is 14.2. The van der Waals surface area contributed by atoms with Crippen LogP contribution in [0, 0.1) is 11.7 Å². The van der Waals surface area contributed by atoms with Crippen molar-refractivity contribution in [2.24, 2.45) is 5.92 Å². The zero-order chi connectivity index (χ0) is 24.1. The number of hydrogen-bond acceptors (Lipinski definition) is 7. The highest BCUT2D eigenvalue weighted by atomic mass is 32.2. The minimum atomic E-state index is -5.07. The highest BCUT2D eigenvalue weighted by molar-refractivity contribution is 7.91. The van der Waals surface area contributed by atoms with E-state index in [4.69, 9.17) is 5.73 Å². The molecule has 1 aromatic carbocycles. The molecule has 0 aliphatic carbocycles. The molecule has 1 aromatic heterocycles. The molecule has 1 saturated heterocycles. The number of alkyl halides is 3. The first-order valence-corrected chi connectivity index (χ1v) is 10.7. The summed E-state index contributed by atoms with van der Waals surface area (Å²) in [6.45, 7) is 3.72. The number of hydrogen-bond donors (Lipinski definition) is 2. The van der Waals surface area contributed by atoms with Gasteiger partial charge in [0.15, 0.2) is 5.69 Å². The molecule has 1 fully saturated rings. The lowest BCUT2D eigenvalue weighted by Gasteiger charge is -2.48. The van der Waals surface area contributed by atoms with E-state index in [0.29, 0.717) is 12.1 Å². The summed E-state index contributed by atoms with van der Waals surface area (Å²) >= 11 is 0. The Hall–Kier alpha value is -2.93. The van der Waals surface area contributed by atoms with Crippen molar-refractivity contribution in [1.82, 2.24) is 9.88 Å². The van der Waals surface area contributed by atoms with E-state index in [1.54, 1.807) is 13.8 Å². The second-order valence-electron chi connectivity index (χ2n) is 7.67. The number of nitrogen functional groups attached to an aromatic ring is 1. The number of nitrogens with zero attached hydrogens (tertiary/aromatic N) is 2. The van der Waals surface area contributed by atoms with E-state index in [1.165, 1.54) is 4.90 Å². The molecule has 2 aromatic rings. The molecule has 3 N–H and O–H groups in total. The Labute approximate surface area is 180 Å². The van der Waals surface area contributed by atoms with Gasteiger partial charge in [-0.05, 0) is 24.1 Å². The zero-order valence-corrected chi connectivity index (χ0v) is 17.7. The number of aliphatic hydroxyl groups is 1. The summed E-state index contributed by atoms with van der Waals surface area (Å²) in [4.78, 5) is 16.2. The third kappa shape index (κ3) is 4.48. The number of anilines is 1. The molecule has 32 heavy (non-hydrogen) atoms. The first-order chi connectivity index (χ1) is 14.6. The third-order valence-corrected chi connectivity index (χ3v) is 6.88. The molecule has 1 aliphatic rings. The van der Waals surface area contributed by atoms with Crippen LogP contribution >= 0.6 is 0 Å². The molecule has 0 bridgehead atoms. The summed E-state index contributed by atoms with van der Waals surface area (Å²) in [6, 6.07) is 2.46. The lowest BCUT2D eigenvalue weighted by molar-refractivity contribution is -0.274. The number of carbonyl (C=O) groups is 1. The monoisotopic (exact) mass is 477 g/mol. The molecule has 174 valence electrons. The third-order valence-electron chi connectivity index (χ3n) is 5.12. The topological polar surface area (TPSA) is 123 Å². The summed E-state index contributed by atoms with van der Waals surface area (Å²) in [7, 11) is -4.56. The number of nitrogens with two attached hydrogens (primary N) is 1. The average Bonchev–Trinajstić information content (AvgIpc) is 2.63. The number of aromatic nitrogens is 1. The molecule has 1 aliphatic heterocycles. The predicted molar refractivity (Wildman–Crippen MR) is 103 cm³/mol. The molecule has 0 unspecified atom stereocenters. The molecule has 0 spiro atoms. The number of pyridine rings is 1. The number of halogens is 4. The molecular formula is C19H19F4N3O5S. The minimum absolute atomic E-state index is 0.0578. The minimum Gasteiger partial charge on any atom is -0.406 e. The molecule has 2 heterocycles. The van der Waals surface area contributed by atoms with Crippen molar-refractivity contribution in [3.8, 4) is 5.75 Å². The first kappa shape index (κ1) is 23.7. The van der Waals surface area contributed by atoms with Crippen molar-refractivity contribution >= 4 is 21.4 Å². The number of sulfone groups is 1. The van der Waals surface area contributed by atoms with E-state index in [2.05, 4.69) is 9.72 Å². The molecule has 13 heteroatoms. The van der Waals surface area contributed by atoms with E-state index >= 15 is 0 Å². The van der Waals surface area contributed by atoms with Gasteiger partial charge in [0, 0.05) is 12.3 Å². The van der Waals surface area contributed by atoms with Gasteiger partial charge in [-0.1, -0.05) is 13.8 Å². The SMILES string of the molecule is CC(C)C1(O)CN(C(=O)c2ncc(S(=O)(=O)c3ccc(OC(F)(F)F)cc3F)cc2N)C1. The van der Waals surface area contributed by atoms with Crippen LogP contribution in [0.4, 0.5) is 23.2 Å². The Morgan fingerprint density at radius 1 is 1.28 bits per heavy atom. The quantitative estimate of drug-likeness (QED) is 0.634. The Bertz CT molecular complexity index is 1160. The van der Waals surface area contributed by atoms with Crippen LogP contribution in [0.2, 0.25) is 0 Å². The van der Waals surface area contributed by atoms with Crippen molar-refractivity contribution in [3.05, 3.63) is 42.0 Å². The van der Waals surface area contributed by atoms with Crippen LogP contribution in [0.1, 0.15) is 24.3 Å². The molecule has 0 radical (unpaired) electrons. The van der Waals surface area contributed by atoms with E-state index in [9.17, 15) is 35.9 Å². The summed E-state index contributed by atoms with van der Waals surface area (Å²) in [5, 5.41) is 10.3. The number of ether oxygens (including phenoxy) is 1. The van der Waals surface area contributed by atoms with Gasteiger partial charge in [-0.25, -0.2) is 17.8 Å². The van der Waals surface area contributed by atoms with E-state index in [-0.39, 0.29) is 36.5 Å². The van der Waals surface area contributed by atoms with E-state index in [0.717, 1.165) is 12.3 Å². The maximum Gasteiger partial charge on any atom is 0.573 e. The number of amides is 1. The fourth-order valence-electron chi connectivity index (χ4n) is 3.08. The van der Waals surface area contributed by atoms with Gasteiger partial charge in [0.05, 0.1) is 23.7 Å². The Morgan fingerprint density at radius 3 is 2.41 bits per heavy atom. The van der Waals surface area contributed by atoms with Crippen molar-refractivity contribution in [2.75, 3.05) is 18.8 Å². The second kappa shape index (κ2) is 7.89. The molecular weight excluding hydrogens is 458 g/mol. The largest absolute Gasteiger partial charge is 0.573 e. The standard InChI is InChI=1S/C19H19F4N3O5S/c1-10(2)18(28)8-26(9-18)17(27)16-14(24)6-12(7-25-16)32(29,30)15-4-3-11(5-13(15)20)31-19(21,22)23/h3-7,10,28H,8-9,24H2,1-2H3. The molecule has 0 saturated carbocycles. The Balaban J connectivity index is 1.85. The lowest BCUT2D eigenvalue weighted by atomic mass is 9.83. The van der Waals surface area contributed by atoms with Crippen LogP contribution in [-0.4, -0.2) is 54.4 Å². The van der Waals surface area contributed by atoms with E-state index < -0.39 is 49.1 Å². The van der Waals surface area contributed by atoms with Crippen molar-refractivity contribution in [3.63, 3.8) is 0 Å². The van der Waals surface area contributed by atoms with Gasteiger partial charge in [0.25, 0.3) is 5.91 Å². The van der Waals surface area contributed by atoms with Gasteiger partial charge in [0.2, 0.25) is 9.84 Å². The lowest BCUT2D eigenvalue weighted by Crippen LogP contribution is -2.66. The van der Waals surface area contributed by atoms with Gasteiger partial charge >= 0.3 is 6.36 Å². The zero-order valence-electron chi connectivity index (χ0n) is 16.9. The van der Waals surface area contributed by atoms with Gasteiger partial charge < -0.3 is 20.5 Å². The van der Waals surface area contributed by atoms with Gasteiger partial charge in [-0.2, -0.15) is 0 Å². The molecule has 1 amide bonds. The fourth-order valence-corrected chi connectivity index (χ4v) is 4.37. The van der Waals surface area contributed by atoms with Crippen LogP contribution in [0.25, 0.3) is 0 Å². The van der Waals surface area contributed by atoms with Crippen LogP contribution in [0.15, 0.2) is 40.3 Å². The number of carbonyl (C=O) groups excluding carboxylic acids is 1. The normalized spacial score (nSPS) is 16.1. The summed E-state index contributed by atoms with van der Waals surface area (Å²) in [5.41, 5.74) is 4.22. The molecule has 0 atom stereocenters. The van der Waals surface area contributed by atoms with Crippen molar-refractivity contribution < 1.29 is 40.6 Å². The Kier molecular flexibility index (Phi) is 5.85. The summed E-state index contributed by atoms with van der Waals surface area (Å²) < 4.78 is 80.0. The van der Waals surface area contributed by atoms with E-state index in [1.807, 2.05) is 0 Å². The highest BCUT2D eigenvalue weighted by Gasteiger charge is 2.46. The smallest absolute Gasteiger partial charge is 0.406 e. The highest BCUT2D eigenvalue weighted by Crippen LogP contribution is 2.32. The van der Waals surface area contributed by atoms with Crippen LogP contribution in [-0.2, 0) is 9.84 Å². The second-order valence-corrected chi connectivity index (χ2v) is 9.59. The van der Waals surface area contributed by atoms with Crippen LogP contribution < -0.4 is 10.5 Å². The van der Waals surface area contributed by atoms with Gasteiger partial charge in [-0.3, -0.25) is 4.79 Å². The molecule has 8 nitrogen and oxygen atoms in total. The summed E-state index contributed by atoms with van der Waals surface area (Å²) in [6.07, 6.45) is -4.28. The average molecular weight is 477 g/mol. The number of rotatable bonds is 5. The number of likely N-dealkylation sites (tertiary alicyclic amines) is 1. The van der Waals surface area contributed by atoms with Gasteiger partial charge in [0.1, 0.15) is 22.1 Å². The van der Waals surface area contributed by atoms with Crippen molar-refractivity contribution in [2.45, 2.75) is 35.6 Å². The number of β-amino-alcohol motifs (C(OH)–C–C–N with tert-alkyl or cyclic N) is 1.